The van der Waals surface area contributed by atoms with Crippen molar-refractivity contribution in [3.8, 4) is 5.75 Å². The molecule has 1 heterocycles. The molecule has 0 N–H and O–H groups in total. The van der Waals surface area contributed by atoms with Gasteiger partial charge in [-0.1, -0.05) is 12.1 Å². The number of carbonyl (C=O) groups excluding carboxylic acids is 3. The molecule has 3 aromatic carbocycles. The molecule has 4 rings (SSSR count). The Morgan fingerprint density at radius 1 is 0.919 bits per heavy atom. The molecular formula is C25H17N3O8S. The van der Waals surface area contributed by atoms with E-state index in [0.717, 1.165) is 10.5 Å². The highest BCUT2D eigenvalue weighted by Crippen LogP contribution is 2.33. The van der Waals surface area contributed by atoms with E-state index in [0.29, 0.717) is 23.1 Å². The number of nitrogens with zero attached hydrogens (tertiary/aromatic N) is 3. The molecule has 0 saturated carbocycles. The molecular weight excluding hydrogens is 502 g/mol. The van der Waals surface area contributed by atoms with E-state index in [4.69, 9.17) is 4.74 Å². The summed E-state index contributed by atoms with van der Waals surface area (Å²) >= 11 is 0.701. The number of imide groups is 1. The Hall–Kier alpha value is -4.84. The number of ether oxygens (including phenoxy) is 1. The molecule has 0 aliphatic carbocycles. The monoisotopic (exact) mass is 519 g/mol. The van der Waals surface area contributed by atoms with Crippen molar-refractivity contribution in [3.05, 3.63) is 115 Å². The number of ketones is 1. The summed E-state index contributed by atoms with van der Waals surface area (Å²) in [5, 5.41) is 20.9. The highest BCUT2D eigenvalue weighted by atomic mass is 32.2. The van der Waals surface area contributed by atoms with E-state index in [-0.39, 0.29) is 28.5 Å². The van der Waals surface area contributed by atoms with Crippen molar-refractivity contribution in [1.29, 1.82) is 0 Å². The Bertz CT molecular complexity index is 1440. The fraction of sp³-hybridized carbons (Fsp3) is 0.0800. The quantitative estimate of drug-likeness (QED) is 0.165. The highest BCUT2D eigenvalue weighted by molar-refractivity contribution is 8.18. The first-order valence-corrected chi connectivity index (χ1v) is 11.5. The molecule has 186 valence electrons. The van der Waals surface area contributed by atoms with Gasteiger partial charge in [0.05, 0.1) is 21.3 Å². The second-order valence-electron chi connectivity index (χ2n) is 7.78. The van der Waals surface area contributed by atoms with Crippen LogP contribution < -0.4 is 4.74 Å². The standard InChI is InChI=1S/C25H17N3O8S/c29-22(18-6-10-20(11-7-18)28(34)35)14-26-24(30)23(37-25(26)31)13-17-2-1-3-21(12-17)36-15-16-4-8-19(9-5-16)27(32)33/h1-13H,14-15H2/b23-13+. The molecule has 0 aromatic heterocycles. The van der Waals surface area contributed by atoms with Crippen molar-refractivity contribution in [2.24, 2.45) is 0 Å². The molecule has 1 saturated heterocycles. The zero-order chi connectivity index (χ0) is 26.5. The summed E-state index contributed by atoms with van der Waals surface area (Å²) in [6.45, 7) is -0.319. The van der Waals surface area contributed by atoms with Crippen molar-refractivity contribution in [1.82, 2.24) is 4.90 Å². The summed E-state index contributed by atoms with van der Waals surface area (Å²) in [7, 11) is 0. The second kappa shape index (κ2) is 10.8. The van der Waals surface area contributed by atoms with Crippen LogP contribution in [0.25, 0.3) is 6.08 Å². The topological polar surface area (TPSA) is 150 Å². The normalized spacial score (nSPS) is 14.2. The van der Waals surface area contributed by atoms with Gasteiger partial charge in [0.15, 0.2) is 5.78 Å². The summed E-state index contributed by atoms with van der Waals surface area (Å²) in [6, 6.07) is 17.7. The van der Waals surface area contributed by atoms with E-state index >= 15 is 0 Å². The van der Waals surface area contributed by atoms with Gasteiger partial charge in [-0.25, -0.2) is 0 Å². The number of nitro groups is 2. The number of amides is 2. The van der Waals surface area contributed by atoms with Crippen molar-refractivity contribution < 1.29 is 29.0 Å². The summed E-state index contributed by atoms with van der Waals surface area (Å²) in [5.74, 6) is -0.665. The minimum atomic E-state index is -0.623. The maximum absolute atomic E-state index is 12.8. The van der Waals surface area contributed by atoms with Crippen LogP contribution in [0, 0.1) is 20.2 Å². The first-order valence-electron chi connectivity index (χ1n) is 10.7. The fourth-order valence-electron chi connectivity index (χ4n) is 3.37. The van der Waals surface area contributed by atoms with Gasteiger partial charge in [-0.05, 0) is 65.4 Å². The van der Waals surface area contributed by atoms with Crippen molar-refractivity contribution in [3.63, 3.8) is 0 Å². The van der Waals surface area contributed by atoms with E-state index in [1.807, 2.05) is 0 Å². The maximum Gasteiger partial charge on any atom is 0.293 e. The Kier molecular flexibility index (Phi) is 7.39. The van der Waals surface area contributed by atoms with E-state index in [2.05, 4.69) is 0 Å². The number of nitro benzene ring substituents is 2. The molecule has 11 nitrogen and oxygen atoms in total. The lowest BCUT2D eigenvalue weighted by Crippen LogP contribution is -2.33. The van der Waals surface area contributed by atoms with Crippen LogP contribution in [0.3, 0.4) is 0 Å². The van der Waals surface area contributed by atoms with Crippen LogP contribution in [0.15, 0.2) is 77.7 Å². The van der Waals surface area contributed by atoms with Crippen LogP contribution >= 0.6 is 11.8 Å². The average Bonchev–Trinajstić information content (AvgIpc) is 3.15. The van der Waals surface area contributed by atoms with Crippen LogP contribution in [0.2, 0.25) is 0 Å². The van der Waals surface area contributed by atoms with Crippen molar-refractivity contribution in [2.45, 2.75) is 6.61 Å². The summed E-state index contributed by atoms with van der Waals surface area (Å²) in [4.78, 5) is 59.2. The molecule has 1 aliphatic heterocycles. The van der Waals surface area contributed by atoms with Crippen LogP contribution in [0.1, 0.15) is 21.5 Å². The van der Waals surface area contributed by atoms with Crippen molar-refractivity contribution in [2.75, 3.05) is 6.54 Å². The Labute approximate surface area is 213 Å². The molecule has 1 aliphatic rings. The summed E-state index contributed by atoms with van der Waals surface area (Å²) < 4.78 is 5.74. The smallest absolute Gasteiger partial charge is 0.293 e. The van der Waals surface area contributed by atoms with Gasteiger partial charge in [-0.15, -0.1) is 0 Å². The number of non-ortho nitro benzene ring substituents is 2. The molecule has 0 atom stereocenters. The van der Waals surface area contributed by atoms with Crippen LogP contribution in [-0.2, 0) is 11.4 Å². The zero-order valence-electron chi connectivity index (χ0n) is 18.9. The van der Waals surface area contributed by atoms with E-state index in [1.54, 1.807) is 36.4 Å². The molecule has 0 radical (unpaired) electrons. The zero-order valence-corrected chi connectivity index (χ0v) is 19.8. The lowest BCUT2D eigenvalue weighted by atomic mass is 10.1. The van der Waals surface area contributed by atoms with E-state index < -0.39 is 33.3 Å². The minimum Gasteiger partial charge on any atom is -0.489 e. The molecule has 37 heavy (non-hydrogen) atoms. The fourth-order valence-corrected chi connectivity index (χ4v) is 4.20. The number of Topliss-reactive ketones (excluding diaryl/α,β-unsaturated/α-hetero) is 1. The largest absolute Gasteiger partial charge is 0.489 e. The van der Waals surface area contributed by atoms with Gasteiger partial charge in [0.25, 0.3) is 22.5 Å². The number of thioether (sulfide) groups is 1. The molecule has 0 unspecified atom stereocenters. The summed E-state index contributed by atoms with van der Waals surface area (Å²) in [6.07, 6.45) is 1.51. The van der Waals surface area contributed by atoms with Gasteiger partial charge >= 0.3 is 0 Å². The van der Waals surface area contributed by atoms with Crippen molar-refractivity contribution >= 4 is 46.1 Å². The van der Waals surface area contributed by atoms with Gasteiger partial charge < -0.3 is 4.74 Å². The second-order valence-corrected chi connectivity index (χ2v) is 8.77. The molecule has 0 bridgehead atoms. The average molecular weight is 519 g/mol. The number of hydrogen-bond donors (Lipinski definition) is 0. The third kappa shape index (κ3) is 6.05. The predicted octanol–water partition coefficient (Wildman–Crippen LogP) is 5.00. The first-order chi connectivity index (χ1) is 17.7. The number of hydrogen-bond acceptors (Lipinski definition) is 9. The highest BCUT2D eigenvalue weighted by Gasteiger charge is 2.36. The summed E-state index contributed by atoms with van der Waals surface area (Å²) in [5.41, 5.74) is 1.27. The number of benzene rings is 3. The lowest BCUT2D eigenvalue weighted by Gasteiger charge is -2.11. The first kappa shape index (κ1) is 25.3. The third-order valence-corrected chi connectivity index (χ3v) is 6.19. The SMILES string of the molecule is O=C(CN1C(=O)S/C(=C/c2cccc(OCc3ccc([N+](=O)[O-])cc3)c2)C1=O)c1ccc([N+](=O)[O-])cc1. The molecule has 3 aromatic rings. The molecule has 12 heteroatoms. The Morgan fingerprint density at radius 3 is 2.16 bits per heavy atom. The Balaban J connectivity index is 1.41. The Morgan fingerprint density at radius 2 is 1.54 bits per heavy atom. The third-order valence-electron chi connectivity index (χ3n) is 5.28. The van der Waals surface area contributed by atoms with Gasteiger partial charge in [-0.2, -0.15) is 0 Å². The number of carbonyl (C=O) groups is 3. The number of rotatable bonds is 9. The molecule has 2 amide bonds. The lowest BCUT2D eigenvalue weighted by molar-refractivity contribution is -0.385. The maximum atomic E-state index is 12.8. The van der Waals surface area contributed by atoms with Gasteiger partial charge in [0, 0.05) is 29.8 Å². The van der Waals surface area contributed by atoms with Crippen LogP contribution in [0.4, 0.5) is 16.2 Å². The minimum absolute atomic E-state index is 0.0193. The predicted molar refractivity (Wildman–Crippen MR) is 134 cm³/mol. The van der Waals surface area contributed by atoms with Gasteiger partial charge in [-0.3, -0.25) is 39.5 Å². The van der Waals surface area contributed by atoms with Crippen LogP contribution in [0.5, 0.6) is 5.75 Å². The van der Waals surface area contributed by atoms with E-state index in [1.165, 1.54) is 42.5 Å². The van der Waals surface area contributed by atoms with Crippen LogP contribution in [-0.4, -0.2) is 38.2 Å². The molecule has 1 fully saturated rings. The molecule has 0 spiro atoms. The van der Waals surface area contributed by atoms with Gasteiger partial charge in [0.2, 0.25) is 0 Å². The van der Waals surface area contributed by atoms with E-state index in [9.17, 15) is 34.6 Å². The van der Waals surface area contributed by atoms with Gasteiger partial charge in [0.1, 0.15) is 12.4 Å².